The molecule has 0 saturated carbocycles. The van der Waals surface area contributed by atoms with Crippen LogP contribution >= 0.6 is 12.6 Å². The molecule has 190 valence electrons. The maximum absolute atomic E-state index is 13.4. The van der Waals surface area contributed by atoms with Gasteiger partial charge in [-0.25, -0.2) is 0 Å². The second-order valence-electron chi connectivity index (χ2n) is 7.95. The van der Waals surface area contributed by atoms with E-state index in [1.165, 1.54) is 10.6 Å². The van der Waals surface area contributed by atoms with Crippen LogP contribution in [-0.4, -0.2) is 52.3 Å². The van der Waals surface area contributed by atoms with Gasteiger partial charge in [-0.1, -0.05) is 56.8 Å². The van der Waals surface area contributed by atoms with E-state index in [1.807, 2.05) is 30.9 Å². The number of aromatic nitrogens is 2. The number of allylic oxidation sites excluding steroid dienone is 2. The van der Waals surface area contributed by atoms with Gasteiger partial charge in [-0.3, -0.25) is 23.9 Å². The summed E-state index contributed by atoms with van der Waals surface area (Å²) in [6, 6.07) is 14.2. The van der Waals surface area contributed by atoms with E-state index in [0.717, 1.165) is 0 Å². The molecule has 1 aromatic carbocycles. The molecule has 0 unspecified atom stereocenters. The van der Waals surface area contributed by atoms with E-state index in [1.54, 1.807) is 53.6 Å². The molecule has 2 aromatic heterocycles. The SMILES string of the molecule is C=C/C=C(\S)C(=O)N1CCN(c2c(C#N)c(=O)n(CC(=O)c3ccccc3)c3cccnc23)CC1.CC. The lowest BCUT2D eigenvalue weighted by molar-refractivity contribution is -0.126. The average molecular weight is 516 g/mol. The Hall–Kier alpha value is -4.16. The van der Waals surface area contributed by atoms with E-state index in [-0.39, 0.29) is 23.8 Å². The van der Waals surface area contributed by atoms with Crippen LogP contribution in [0.3, 0.4) is 0 Å². The van der Waals surface area contributed by atoms with Gasteiger partial charge < -0.3 is 9.80 Å². The Morgan fingerprint density at radius 2 is 1.78 bits per heavy atom. The van der Waals surface area contributed by atoms with Crippen molar-refractivity contribution in [3.63, 3.8) is 0 Å². The van der Waals surface area contributed by atoms with Crippen molar-refractivity contribution in [1.82, 2.24) is 14.5 Å². The van der Waals surface area contributed by atoms with E-state index in [9.17, 15) is 19.6 Å². The zero-order valence-electron chi connectivity index (χ0n) is 20.9. The minimum atomic E-state index is -0.544. The molecule has 0 N–H and O–H groups in total. The van der Waals surface area contributed by atoms with E-state index in [4.69, 9.17) is 0 Å². The summed E-state index contributed by atoms with van der Waals surface area (Å²) >= 11 is 4.23. The number of carbonyl (C=O) groups excluding carboxylic acids is 2. The van der Waals surface area contributed by atoms with Gasteiger partial charge in [0.25, 0.3) is 11.5 Å². The lowest BCUT2D eigenvalue weighted by Crippen LogP contribution is -2.49. The normalized spacial score (nSPS) is 13.4. The van der Waals surface area contributed by atoms with E-state index < -0.39 is 5.56 Å². The molecule has 37 heavy (non-hydrogen) atoms. The third-order valence-electron chi connectivity index (χ3n) is 5.88. The molecule has 9 heteroatoms. The lowest BCUT2D eigenvalue weighted by Gasteiger charge is -2.36. The molecule has 0 atom stereocenters. The molecule has 0 bridgehead atoms. The van der Waals surface area contributed by atoms with Crippen molar-refractivity contribution in [3.05, 3.63) is 93.8 Å². The third-order valence-corrected chi connectivity index (χ3v) is 6.22. The molecule has 3 heterocycles. The number of carbonyl (C=O) groups is 2. The highest BCUT2D eigenvalue weighted by Crippen LogP contribution is 2.28. The van der Waals surface area contributed by atoms with Crippen LogP contribution in [0.1, 0.15) is 29.8 Å². The van der Waals surface area contributed by atoms with Crippen molar-refractivity contribution < 1.29 is 9.59 Å². The van der Waals surface area contributed by atoms with Crippen LogP contribution in [0.25, 0.3) is 11.0 Å². The van der Waals surface area contributed by atoms with Crippen molar-refractivity contribution in [2.24, 2.45) is 0 Å². The molecule has 1 saturated heterocycles. The smallest absolute Gasteiger partial charge is 0.271 e. The number of rotatable bonds is 6. The predicted octanol–water partition coefficient (Wildman–Crippen LogP) is 3.83. The first kappa shape index (κ1) is 27.4. The quantitative estimate of drug-likeness (QED) is 0.232. The van der Waals surface area contributed by atoms with E-state index in [0.29, 0.717) is 53.4 Å². The average Bonchev–Trinajstić information content (AvgIpc) is 2.95. The number of ketones is 1. The number of nitrogens with zero attached hydrogens (tertiary/aromatic N) is 5. The fraction of sp³-hybridized carbons (Fsp3) is 0.250. The molecular weight excluding hydrogens is 486 g/mol. The van der Waals surface area contributed by atoms with Gasteiger partial charge in [0, 0.05) is 37.9 Å². The van der Waals surface area contributed by atoms with E-state index >= 15 is 0 Å². The summed E-state index contributed by atoms with van der Waals surface area (Å²) in [6.07, 6.45) is 4.64. The van der Waals surface area contributed by atoms with Gasteiger partial charge in [0.15, 0.2) is 5.78 Å². The summed E-state index contributed by atoms with van der Waals surface area (Å²) in [7, 11) is 0. The largest absolute Gasteiger partial charge is 0.365 e. The first-order chi connectivity index (χ1) is 18.0. The van der Waals surface area contributed by atoms with Crippen LogP contribution in [0.15, 0.2) is 77.1 Å². The van der Waals surface area contributed by atoms with Crippen molar-refractivity contribution in [2.75, 3.05) is 31.1 Å². The number of hydrogen-bond acceptors (Lipinski definition) is 7. The first-order valence-electron chi connectivity index (χ1n) is 12.0. The van der Waals surface area contributed by atoms with Crippen LogP contribution in [-0.2, 0) is 11.3 Å². The van der Waals surface area contributed by atoms with Gasteiger partial charge in [0.1, 0.15) is 17.1 Å². The predicted molar refractivity (Wildman–Crippen MR) is 149 cm³/mol. The summed E-state index contributed by atoms with van der Waals surface area (Å²) in [5.41, 5.74) is 1.23. The highest BCUT2D eigenvalue weighted by molar-refractivity contribution is 7.85. The molecule has 8 nitrogen and oxygen atoms in total. The maximum Gasteiger partial charge on any atom is 0.271 e. The number of pyridine rings is 2. The first-order valence-corrected chi connectivity index (χ1v) is 12.5. The molecule has 0 radical (unpaired) electrons. The summed E-state index contributed by atoms with van der Waals surface area (Å²) in [5.74, 6) is -0.442. The van der Waals surface area contributed by atoms with Crippen LogP contribution < -0.4 is 10.5 Å². The van der Waals surface area contributed by atoms with Crippen LogP contribution in [0.5, 0.6) is 0 Å². The number of nitriles is 1. The summed E-state index contributed by atoms with van der Waals surface area (Å²) in [6.45, 7) is 8.98. The number of amides is 1. The topological polar surface area (TPSA) is 99.3 Å². The van der Waals surface area contributed by atoms with Crippen LogP contribution in [0, 0.1) is 11.3 Å². The highest BCUT2D eigenvalue weighted by atomic mass is 32.1. The number of benzene rings is 1. The monoisotopic (exact) mass is 515 g/mol. The molecule has 0 spiro atoms. The van der Waals surface area contributed by atoms with Crippen LogP contribution in [0.4, 0.5) is 5.69 Å². The Kier molecular flexibility index (Phi) is 9.41. The Balaban J connectivity index is 0.00000186. The third kappa shape index (κ3) is 5.81. The number of anilines is 1. The van der Waals surface area contributed by atoms with Crippen molar-refractivity contribution in [3.8, 4) is 6.07 Å². The maximum atomic E-state index is 13.4. The van der Waals surface area contributed by atoms with Gasteiger partial charge >= 0.3 is 0 Å². The second kappa shape index (κ2) is 12.7. The summed E-state index contributed by atoms with van der Waals surface area (Å²) in [5, 5.41) is 9.94. The van der Waals surface area contributed by atoms with E-state index in [2.05, 4.69) is 24.2 Å². The Morgan fingerprint density at radius 1 is 1.11 bits per heavy atom. The molecule has 1 amide bonds. The van der Waals surface area contributed by atoms with Gasteiger partial charge in [-0.15, -0.1) is 12.6 Å². The van der Waals surface area contributed by atoms with Crippen molar-refractivity contribution in [1.29, 1.82) is 5.26 Å². The number of Topliss-reactive ketones (excluding diaryl/α,β-unsaturated/α-hetero) is 1. The number of piperazine rings is 1. The standard InChI is InChI=1S/C26H23N5O3S.C2H6/c1-2-7-22(35)26(34)30-14-12-29(13-15-30)24-19(16-27)25(33)31(20-10-6-11-28-23(20)24)17-21(32)18-8-4-3-5-9-18;1-2/h2-11,35H,1,12-15,17H2;1-2H3/b22-7-;. The Morgan fingerprint density at radius 3 is 2.41 bits per heavy atom. The molecule has 0 aliphatic carbocycles. The minimum absolute atomic E-state index is 0.0710. The zero-order chi connectivity index (χ0) is 26.9. The van der Waals surface area contributed by atoms with Crippen molar-refractivity contribution in [2.45, 2.75) is 20.4 Å². The summed E-state index contributed by atoms with van der Waals surface area (Å²) < 4.78 is 1.31. The fourth-order valence-electron chi connectivity index (χ4n) is 4.16. The van der Waals surface area contributed by atoms with Crippen LogP contribution in [0.2, 0.25) is 0 Å². The number of thiol groups is 1. The number of hydrogen-bond donors (Lipinski definition) is 1. The Bertz CT molecular complexity index is 1430. The summed E-state index contributed by atoms with van der Waals surface area (Å²) in [4.78, 5) is 47.2. The lowest BCUT2D eigenvalue weighted by atomic mass is 10.1. The second-order valence-corrected chi connectivity index (χ2v) is 8.44. The van der Waals surface area contributed by atoms with Gasteiger partial charge in [-0.2, -0.15) is 5.26 Å². The molecule has 4 rings (SSSR count). The van der Waals surface area contributed by atoms with Gasteiger partial charge in [0.05, 0.1) is 22.7 Å². The molecular formula is C28H29N5O3S. The highest BCUT2D eigenvalue weighted by Gasteiger charge is 2.28. The van der Waals surface area contributed by atoms with Crippen molar-refractivity contribution >= 4 is 41.0 Å². The molecule has 1 aliphatic heterocycles. The molecule has 3 aromatic rings. The van der Waals surface area contributed by atoms with Gasteiger partial charge in [-0.05, 0) is 18.2 Å². The fourth-order valence-corrected chi connectivity index (χ4v) is 4.41. The van der Waals surface area contributed by atoms with Gasteiger partial charge in [0.2, 0.25) is 0 Å². The minimum Gasteiger partial charge on any atom is -0.365 e. The Labute approximate surface area is 221 Å². The zero-order valence-corrected chi connectivity index (χ0v) is 21.8. The molecule has 1 aliphatic rings. The molecule has 1 fully saturated rings. The number of fused-ring (bicyclic) bond motifs is 1.